The van der Waals surface area contributed by atoms with E-state index in [9.17, 15) is 0 Å². The Bertz CT molecular complexity index is 3630. The van der Waals surface area contributed by atoms with E-state index in [1.807, 2.05) is 0 Å². The molecule has 0 saturated carbocycles. The van der Waals surface area contributed by atoms with E-state index in [1.54, 1.807) is 0 Å². The summed E-state index contributed by atoms with van der Waals surface area (Å²) in [6.45, 7) is 25.1. The summed E-state index contributed by atoms with van der Waals surface area (Å²) in [7, 11) is 0. The van der Waals surface area contributed by atoms with E-state index < -0.39 is 0 Å². The van der Waals surface area contributed by atoms with Crippen LogP contribution < -0.4 is 16.4 Å². The number of para-hydroxylation sites is 4. The van der Waals surface area contributed by atoms with Crippen LogP contribution in [-0.2, 0) is 10.8 Å². The summed E-state index contributed by atoms with van der Waals surface area (Å²) in [4.78, 5) is 11.8. The van der Waals surface area contributed by atoms with Crippen molar-refractivity contribution in [3.05, 3.63) is 149 Å². The number of rotatable bonds is 2. The maximum absolute atomic E-state index is 5.88. The van der Waals surface area contributed by atoms with Gasteiger partial charge in [-0.2, -0.15) is 0 Å². The first kappa shape index (κ1) is 37.7. The highest BCUT2D eigenvalue weighted by molar-refractivity contribution is 7.00. The number of imidazole rings is 2. The summed E-state index contributed by atoms with van der Waals surface area (Å²) in [5.41, 5.74) is 23.8. The van der Waals surface area contributed by atoms with E-state index in [1.165, 1.54) is 122 Å². The zero-order valence-electron chi connectivity index (χ0n) is 38.7. The Morgan fingerprint density at radius 1 is 0.422 bits per heavy atom. The second-order valence-corrected chi connectivity index (χ2v) is 21.0. The van der Waals surface area contributed by atoms with Gasteiger partial charge in [0.25, 0.3) is 6.71 Å². The second-order valence-electron chi connectivity index (χ2n) is 21.0. The van der Waals surface area contributed by atoms with Crippen LogP contribution in [0.5, 0.6) is 0 Å². The number of benzene rings is 7. The molecule has 0 radical (unpaired) electrons. The van der Waals surface area contributed by atoms with Crippen molar-refractivity contribution in [1.82, 2.24) is 28.2 Å². The van der Waals surface area contributed by atoms with Gasteiger partial charge >= 0.3 is 0 Å². The van der Waals surface area contributed by atoms with Gasteiger partial charge in [0, 0.05) is 43.7 Å². The van der Waals surface area contributed by atoms with Crippen molar-refractivity contribution in [2.24, 2.45) is 0 Å². The fraction of sp³-hybridized carbons (Fsp3) is 0.228. The van der Waals surface area contributed by atoms with Crippen LogP contribution in [0.25, 0.3) is 88.4 Å². The molecule has 0 spiro atoms. The average Bonchev–Trinajstić information content (AvgIpc) is 4.01. The van der Waals surface area contributed by atoms with Crippen molar-refractivity contribution in [2.45, 2.75) is 87.0 Å². The SMILES string of the molecule is Cc1cc2c3c(c1)-n1c(C(C)(C)C)nc4c1c(cc1c5ccccc5n(-c5c(C)cccc5C)c14)B3c1cc3c4ccccc4n(-c4c(C)cccc4C)c3c3nc(C(C)(C)C)n-2c13. The standard InChI is InChI=1S/C57H51BN6/c1-30-26-43-45-44(27-30)64-53-40(29-38-36-23-13-15-25-42(36)62(49-33(4)20-17-21-34(49)5)51(38)47(53)60-55(64)57(9,10)11)58(45)39-28-37-35-22-12-14-24-41(35)61(48-31(2)18-16-19-32(48)3)50(37)46-52(39)63(43)54(59-46)56(6,7)8/h12-29H,1-11H3. The highest BCUT2D eigenvalue weighted by Gasteiger charge is 2.45. The van der Waals surface area contributed by atoms with E-state index in [-0.39, 0.29) is 17.5 Å². The molecule has 312 valence electrons. The first-order valence-corrected chi connectivity index (χ1v) is 22.9. The molecular formula is C57H51BN6. The Kier molecular flexibility index (Phi) is 7.20. The topological polar surface area (TPSA) is 45.5 Å². The smallest absolute Gasteiger partial charge is 0.252 e. The quantitative estimate of drug-likeness (QED) is 0.163. The van der Waals surface area contributed by atoms with Crippen LogP contribution in [0.4, 0.5) is 0 Å². The molecule has 0 bridgehead atoms. The molecule has 0 fully saturated rings. The highest BCUT2D eigenvalue weighted by atomic mass is 15.2. The van der Waals surface area contributed by atoms with Gasteiger partial charge in [0.05, 0.1) is 44.5 Å². The first-order valence-electron chi connectivity index (χ1n) is 22.9. The fourth-order valence-electron chi connectivity index (χ4n) is 12.0. The van der Waals surface area contributed by atoms with Gasteiger partial charge in [-0.15, -0.1) is 0 Å². The Labute approximate surface area is 373 Å². The molecule has 0 N–H and O–H groups in total. The van der Waals surface area contributed by atoms with E-state index in [0.29, 0.717) is 0 Å². The number of hydrogen-bond donors (Lipinski definition) is 0. The minimum Gasteiger partial charge on any atom is -0.307 e. The van der Waals surface area contributed by atoms with Gasteiger partial charge in [0.2, 0.25) is 0 Å². The van der Waals surface area contributed by atoms with Gasteiger partial charge < -0.3 is 9.13 Å². The monoisotopic (exact) mass is 830 g/mol. The molecule has 13 rings (SSSR count). The molecule has 0 amide bonds. The van der Waals surface area contributed by atoms with Crippen LogP contribution in [0, 0.1) is 34.6 Å². The van der Waals surface area contributed by atoms with Crippen LogP contribution in [-0.4, -0.2) is 34.9 Å². The summed E-state index contributed by atoms with van der Waals surface area (Å²) < 4.78 is 10.2. The maximum Gasteiger partial charge on any atom is 0.252 e. The molecule has 6 nitrogen and oxygen atoms in total. The second kappa shape index (κ2) is 12.2. The number of aryl methyl sites for hydroxylation is 5. The van der Waals surface area contributed by atoms with Gasteiger partial charge in [-0.3, -0.25) is 9.13 Å². The fourth-order valence-corrected chi connectivity index (χ4v) is 12.0. The molecule has 7 heteroatoms. The third-order valence-electron chi connectivity index (χ3n) is 14.5. The zero-order chi connectivity index (χ0) is 44.0. The van der Waals surface area contributed by atoms with Gasteiger partial charge in [-0.25, -0.2) is 9.97 Å². The normalized spacial score (nSPS) is 13.5. The van der Waals surface area contributed by atoms with Crippen LogP contribution >= 0.6 is 0 Å². The van der Waals surface area contributed by atoms with Crippen molar-refractivity contribution in [3.63, 3.8) is 0 Å². The van der Waals surface area contributed by atoms with Crippen molar-refractivity contribution in [2.75, 3.05) is 0 Å². The maximum atomic E-state index is 5.88. The number of nitrogens with zero attached hydrogens (tertiary/aromatic N) is 6. The van der Waals surface area contributed by atoms with Crippen LogP contribution in [0.1, 0.15) is 81.0 Å². The summed E-state index contributed by atoms with van der Waals surface area (Å²) >= 11 is 0. The van der Waals surface area contributed by atoms with E-state index in [0.717, 1.165) is 22.7 Å². The minimum absolute atomic E-state index is 0.0666. The van der Waals surface area contributed by atoms with E-state index in [2.05, 4.69) is 204 Å². The highest BCUT2D eigenvalue weighted by Crippen LogP contribution is 2.45. The largest absolute Gasteiger partial charge is 0.307 e. The Morgan fingerprint density at radius 3 is 1.20 bits per heavy atom. The lowest BCUT2D eigenvalue weighted by Crippen LogP contribution is -2.60. The average molecular weight is 831 g/mol. The van der Waals surface area contributed by atoms with Gasteiger partial charge in [-0.1, -0.05) is 126 Å². The summed E-state index contributed by atoms with van der Waals surface area (Å²) in [5.74, 6) is 2.15. The molecule has 4 aromatic heterocycles. The van der Waals surface area contributed by atoms with Crippen LogP contribution in [0.15, 0.2) is 109 Å². The summed E-state index contributed by atoms with van der Waals surface area (Å²) in [6.07, 6.45) is 0. The van der Waals surface area contributed by atoms with Crippen LogP contribution in [0.2, 0.25) is 0 Å². The number of hydrogen-bond acceptors (Lipinski definition) is 2. The molecule has 2 aliphatic rings. The Balaban J connectivity index is 1.27. The van der Waals surface area contributed by atoms with E-state index >= 15 is 0 Å². The molecule has 64 heavy (non-hydrogen) atoms. The predicted molar refractivity (Wildman–Crippen MR) is 270 cm³/mol. The molecule has 0 aliphatic carbocycles. The zero-order valence-corrected chi connectivity index (χ0v) is 38.7. The van der Waals surface area contributed by atoms with Gasteiger partial charge in [-0.05, 0) is 103 Å². The van der Waals surface area contributed by atoms with E-state index in [4.69, 9.17) is 9.97 Å². The molecule has 7 aromatic carbocycles. The molecule has 0 unspecified atom stereocenters. The molecular weight excluding hydrogens is 779 g/mol. The number of aromatic nitrogens is 6. The lowest BCUT2D eigenvalue weighted by Gasteiger charge is -2.35. The molecule has 2 aliphatic heterocycles. The summed E-state index contributed by atoms with van der Waals surface area (Å²) in [6, 6.07) is 41.2. The lowest BCUT2D eigenvalue weighted by atomic mass is 9.34. The Hall–Kier alpha value is -6.86. The van der Waals surface area contributed by atoms with Gasteiger partial charge in [0.1, 0.15) is 22.7 Å². The van der Waals surface area contributed by atoms with Crippen molar-refractivity contribution in [1.29, 1.82) is 0 Å². The van der Waals surface area contributed by atoms with Crippen molar-refractivity contribution >= 4 is 88.8 Å². The minimum atomic E-state index is -0.255. The molecule has 0 saturated heterocycles. The van der Waals surface area contributed by atoms with Crippen molar-refractivity contribution < 1.29 is 0 Å². The third-order valence-corrected chi connectivity index (χ3v) is 14.5. The molecule has 0 atom stereocenters. The van der Waals surface area contributed by atoms with Gasteiger partial charge in [0.15, 0.2) is 0 Å². The molecule has 6 heterocycles. The summed E-state index contributed by atoms with van der Waals surface area (Å²) in [5, 5.41) is 4.96. The Morgan fingerprint density at radius 2 is 0.812 bits per heavy atom. The third kappa shape index (κ3) is 4.62. The number of fused-ring (bicyclic) bond motifs is 12. The van der Waals surface area contributed by atoms with Crippen LogP contribution in [0.3, 0.4) is 0 Å². The lowest BCUT2D eigenvalue weighted by molar-refractivity contribution is 0.538. The first-order chi connectivity index (χ1) is 30.6. The van der Waals surface area contributed by atoms with Crippen molar-refractivity contribution in [3.8, 4) is 22.7 Å². The predicted octanol–water partition coefficient (Wildman–Crippen LogP) is 11.8. The molecule has 11 aromatic rings.